The molecule has 1 aromatic carbocycles. The Labute approximate surface area is 159 Å². The molecule has 0 amide bonds. The lowest BCUT2D eigenvalue weighted by Crippen LogP contribution is -2.35. The Morgan fingerprint density at radius 1 is 1.07 bits per heavy atom. The van der Waals surface area contributed by atoms with Crippen molar-refractivity contribution in [2.75, 3.05) is 13.1 Å². The lowest BCUT2D eigenvalue weighted by molar-refractivity contribution is 0.210. The van der Waals surface area contributed by atoms with Gasteiger partial charge < -0.3 is 15.4 Å². The molecule has 3 heterocycles. The first-order chi connectivity index (χ1) is 13.2. The third kappa shape index (κ3) is 2.81. The summed E-state index contributed by atoms with van der Waals surface area (Å²) in [7, 11) is 0. The third-order valence-electron chi connectivity index (χ3n) is 6.67. The quantitative estimate of drug-likeness (QED) is 0.644. The van der Waals surface area contributed by atoms with Crippen LogP contribution in [0, 0.1) is 11.8 Å². The molecule has 5 nitrogen and oxygen atoms in total. The van der Waals surface area contributed by atoms with Crippen LogP contribution in [0.15, 0.2) is 30.3 Å². The van der Waals surface area contributed by atoms with Crippen molar-refractivity contribution in [1.82, 2.24) is 20.5 Å². The number of phenols is 1. The zero-order valence-corrected chi connectivity index (χ0v) is 15.7. The molecular formula is C22H26N4O. The Morgan fingerprint density at radius 3 is 2.70 bits per heavy atom. The standard InChI is InChI=1S/C22H26N4O/c1-13-15(14-8-10-23-11-9-14)6-7-18-21(13)17-12-19(25-26-22(17)24-18)16-4-2-3-5-20(16)27/h2-5,12-15,23,27H,6-11H2,1H3,(H,24,26)/t13-,15?/m0/s1. The molecule has 3 N–H and O–H groups in total. The molecule has 0 spiro atoms. The second-order valence-electron chi connectivity index (χ2n) is 8.10. The van der Waals surface area contributed by atoms with Crippen molar-refractivity contribution in [2.45, 2.75) is 38.5 Å². The molecule has 5 rings (SSSR count). The highest BCUT2D eigenvalue weighted by atomic mass is 16.3. The molecule has 1 aliphatic heterocycles. The highest BCUT2D eigenvalue weighted by Gasteiger charge is 2.35. The van der Waals surface area contributed by atoms with Crippen LogP contribution in [-0.2, 0) is 6.42 Å². The minimum atomic E-state index is 0.246. The first-order valence-corrected chi connectivity index (χ1v) is 10.1. The van der Waals surface area contributed by atoms with Gasteiger partial charge in [-0.1, -0.05) is 19.1 Å². The lowest BCUT2D eigenvalue weighted by atomic mass is 9.69. The van der Waals surface area contributed by atoms with E-state index in [1.165, 1.54) is 35.9 Å². The zero-order valence-electron chi connectivity index (χ0n) is 15.7. The number of para-hydroxylation sites is 1. The summed E-state index contributed by atoms with van der Waals surface area (Å²) in [5, 5.41) is 23.7. The van der Waals surface area contributed by atoms with Crippen molar-refractivity contribution < 1.29 is 5.11 Å². The van der Waals surface area contributed by atoms with Gasteiger partial charge >= 0.3 is 0 Å². The van der Waals surface area contributed by atoms with Crippen LogP contribution in [-0.4, -0.2) is 33.4 Å². The van der Waals surface area contributed by atoms with Gasteiger partial charge in [0.05, 0.1) is 5.69 Å². The van der Waals surface area contributed by atoms with Crippen LogP contribution in [0.1, 0.15) is 43.4 Å². The molecule has 1 aliphatic carbocycles. The average molecular weight is 362 g/mol. The Bertz CT molecular complexity index is 974. The predicted molar refractivity (Wildman–Crippen MR) is 107 cm³/mol. The average Bonchev–Trinajstić information content (AvgIpc) is 3.08. The second-order valence-corrected chi connectivity index (χ2v) is 8.10. The van der Waals surface area contributed by atoms with Gasteiger partial charge in [0, 0.05) is 16.6 Å². The fourth-order valence-electron chi connectivity index (χ4n) is 5.29. The zero-order chi connectivity index (χ0) is 18.4. The number of aromatic amines is 1. The Balaban J connectivity index is 1.57. The van der Waals surface area contributed by atoms with E-state index < -0.39 is 0 Å². The van der Waals surface area contributed by atoms with Gasteiger partial charge in [-0.2, -0.15) is 0 Å². The topological polar surface area (TPSA) is 73.8 Å². The lowest BCUT2D eigenvalue weighted by Gasteiger charge is -2.37. The van der Waals surface area contributed by atoms with Crippen LogP contribution in [0.4, 0.5) is 0 Å². The number of aromatic nitrogens is 3. The molecule has 2 aromatic heterocycles. The highest BCUT2D eigenvalue weighted by Crippen LogP contribution is 2.45. The summed E-state index contributed by atoms with van der Waals surface area (Å²) in [6.45, 7) is 4.69. The van der Waals surface area contributed by atoms with Crippen molar-refractivity contribution in [3.63, 3.8) is 0 Å². The normalized spacial score (nSPS) is 23.4. The molecule has 27 heavy (non-hydrogen) atoms. The number of aryl methyl sites for hydroxylation is 1. The molecule has 3 aromatic rings. The molecule has 1 unspecified atom stereocenters. The molecule has 0 radical (unpaired) electrons. The number of hydrogen-bond donors (Lipinski definition) is 3. The minimum absolute atomic E-state index is 0.246. The van der Waals surface area contributed by atoms with Crippen molar-refractivity contribution in [2.24, 2.45) is 11.8 Å². The van der Waals surface area contributed by atoms with Crippen LogP contribution in [0.25, 0.3) is 22.3 Å². The summed E-state index contributed by atoms with van der Waals surface area (Å²) < 4.78 is 0. The van der Waals surface area contributed by atoms with Gasteiger partial charge in [0.15, 0.2) is 5.65 Å². The molecular weight excluding hydrogens is 336 g/mol. The number of aromatic hydroxyl groups is 1. The maximum absolute atomic E-state index is 10.2. The van der Waals surface area contributed by atoms with Crippen molar-refractivity contribution in [3.8, 4) is 17.0 Å². The number of rotatable bonds is 2. The predicted octanol–water partition coefficient (Wildman–Crippen LogP) is 4.00. The van der Waals surface area contributed by atoms with Gasteiger partial charge in [0.1, 0.15) is 5.75 Å². The van der Waals surface area contributed by atoms with E-state index in [1.54, 1.807) is 6.07 Å². The summed E-state index contributed by atoms with van der Waals surface area (Å²) in [5.74, 6) is 2.32. The van der Waals surface area contributed by atoms with Gasteiger partial charge in [-0.05, 0) is 80.3 Å². The summed E-state index contributed by atoms with van der Waals surface area (Å²) in [4.78, 5) is 3.51. The van der Waals surface area contributed by atoms with Crippen LogP contribution in [0.5, 0.6) is 5.75 Å². The molecule has 1 saturated heterocycles. The number of hydrogen-bond acceptors (Lipinski definition) is 4. The third-order valence-corrected chi connectivity index (χ3v) is 6.67. The number of nitrogens with one attached hydrogen (secondary N) is 2. The van der Waals surface area contributed by atoms with Crippen molar-refractivity contribution in [3.05, 3.63) is 41.6 Å². The Kier molecular flexibility index (Phi) is 4.12. The van der Waals surface area contributed by atoms with Crippen LogP contribution in [0.3, 0.4) is 0 Å². The maximum Gasteiger partial charge on any atom is 0.160 e. The number of H-pyrrole nitrogens is 1. The van der Waals surface area contributed by atoms with Crippen LogP contribution >= 0.6 is 0 Å². The summed E-state index contributed by atoms with van der Waals surface area (Å²) >= 11 is 0. The molecule has 5 heteroatoms. The van der Waals surface area contributed by atoms with E-state index >= 15 is 0 Å². The van der Waals surface area contributed by atoms with E-state index in [1.807, 2.05) is 18.2 Å². The highest BCUT2D eigenvalue weighted by molar-refractivity contribution is 5.86. The number of nitrogens with zero attached hydrogens (tertiary/aromatic N) is 2. The van der Waals surface area contributed by atoms with Gasteiger partial charge in [-0.15, -0.1) is 10.2 Å². The van der Waals surface area contributed by atoms with Gasteiger partial charge in [-0.25, -0.2) is 0 Å². The summed E-state index contributed by atoms with van der Waals surface area (Å²) in [6.07, 6.45) is 4.92. The van der Waals surface area contributed by atoms with E-state index in [0.717, 1.165) is 48.3 Å². The molecule has 2 atom stereocenters. The Morgan fingerprint density at radius 2 is 1.89 bits per heavy atom. The largest absolute Gasteiger partial charge is 0.507 e. The monoisotopic (exact) mass is 362 g/mol. The fourth-order valence-corrected chi connectivity index (χ4v) is 5.29. The molecule has 140 valence electrons. The molecule has 0 bridgehead atoms. The van der Waals surface area contributed by atoms with E-state index in [0.29, 0.717) is 5.92 Å². The first kappa shape index (κ1) is 16.8. The minimum Gasteiger partial charge on any atom is -0.507 e. The summed E-state index contributed by atoms with van der Waals surface area (Å²) in [5.41, 5.74) is 5.09. The number of fused-ring (bicyclic) bond motifs is 3. The van der Waals surface area contributed by atoms with E-state index in [9.17, 15) is 5.11 Å². The summed E-state index contributed by atoms with van der Waals surface area (Å²) in [6, 6.07) is 9.45. The SMILES string of the molecule is C[C@@H]1c2c([nH]c3nnc(-c4ccccc4O)cc23)CCC1C1CCNCC1. The van der Waals surface area contributed by atoms with Crippen molar-refractivity contribution in [1.29, 1.82) is 0 Å². The van der Waals surface area contributed by atoms with Gasteiger partial charge in [-0.3, -0.25) is 0 Å². The fraction of sp³-hybridized carbons (Fsp3) is 0.455. The smallest absolute Gasteiger partial charge is 0.160 e. The molecule has 1 fully saturated rings. The van der Waals surface area contributed by atoms with E-state index in [2.05, 4.69) is 33.5 Å². The number of piperidine rings is 1. The second kappa shape index (κ2) is 6.64. The van der Waals surface area contributed by atoms with Gasteiger partial charge in [0.25, 0.3) is 0 Å². The first-order valence-electron chi connectivity index (χ1n) is 10.1. The van der Waals surface area contributed by atoms with E-state index in [-0.39, 0.29) is 5.75 Å². The van der Waals surface area contributed by atoms with Crippen LogP contribution < -0.4 is 5.32 Å². The van der Waals surface area contributed by atoms with Crippen LogP contribution in [0.2, 0.25) is 0 Å². The molecule has 0 saturated carbocycles. The molecule has 2 aliphatic rings. The van der Waals surface area contributed by atoms with Gasteiger partial charge in [0.2, 0.25) is 0 Å². The maximum atomic E-state index is 10.2. The number of benzene rings is 1. The van der Waals surface area contributed by atoms with E-state index in [4.69, 9.17) is 0 Å². The van der Waals surface area contributed by atoms with Crippen molar-refractivity contribution >= 4 is 11.0 Å². The number of phenolic OH excluding ortho intramolecular Hbond substituents is 1. The Hall–Kier alpha value is -2.40.